The van der Waals surface area contributed by atoms with Gasteiger partial charge in [0.25, 0.3) is 0 Å². The van der Waals surface area contributed by atoms with Crippen LogP contribution in [0.25, 0.3) is 10.9 Å². The minimum absolute atomic E-state index is 0.107. The summed E-state index contributed by atoms with van der Waals surface area (Å²) >= 11 is 0. The Morgan fingerprint density at radius 2 is 1.89 bits per heavy atom. The second kappa shape index (κ2) is 6.89. The lowest BCUT2D eigenvalue weighted by atomic mass is 9.97. The van der Waals surface area contributed by atoms with Crippen LogP contribution >= 0.6 is 0 Å². The zero-order valence-corrected chi connectivity index (χ0v) is 15.0. The first-order valence-corrected chi connectivity index (χ1v) is 9.34. The highest BCUT2D eigenvalue weighted by Gasteiger charge is 2.26. The lowest BCUT2D eigenvalue weighted by molar-refractivity contribution is 0.306. The highest BCUT2D eigenvalue weighted by Crippen LogP contribution is 2.34. The Kier molecular flexibility index (Phi) is 4.11. The molecule has 0 amide bonds. The molecule has 2 aromatic carbocycles. The van der Waals surface area contributed by atoms with Gasteiger partial charge in [0.1, 0.15) is 12.4 Å². The molecular formula is C23H21N3O. The van der Waals surface area contributed by atoms with Crippen molar-refractivity contribution in [1.82, 2.24) is 15.3 Å². The Morgan fingerprint density at radius 3 is 2.74 bits per heavy atom. The molecule has 4 nitrogen and oxygen atoms in total. The van der Waals surface area contributed by atoms with Gasteiger partial charge in [-0.05, 0) is 47.9 Å². The third-order valence-electron chi connectivity index (χ3n) is 5.15. The van der Waals surface area contributed by atoms with Gasteiger partial charge in [0.2, 0.25) is 0 Å². The van der Waals surface area contributed by atoms with E-state index in [0.29, 0.717) is 6.61 Å². The molecule has 27 heavy (non-hydrogen) atoms. The van der Waals surface area contributed by atoms with Crippen molar-refractivity contribution in [2.24, 2.45) is 0 Å². The number of aromatic amines is 1. The predicted molar refractivity (Wildman–Crippen MR) is 107 cm³/mol. The maximum absolute atomic E-state index is 6.03. The SMILES string of the molecule is c1ccc(COc2ccc3[nH]c4c(c3c2)CCNC4c2ccccn2)cc1. The minimum atomic E-state index is 0.107. The van der Waals surface area contributed by atoms with Crippen molar-refractivity contribution in [2.45, 2.75) is 19.1 Å². The highest BCUT2D eigenvalue weighted by atomic mass is 16.5. The Bertz CT molecular complexity index is 1060. The average Bonchev–Trinajstić information content (AvgIpc) is 3.12. The van der Waals surface area contributed by atoms with Gasteiger partial charge in [-0.1, -0.05) is 36.4 Å². The van der Waals surface area contributed by atoms with Crippen LogP contribution in [0.5, 0.6) is 5.75 Å². The molecule has 0 spiro atoms. The van der Waals surface area contributed by atoms with E-state index in [1.165, 1.54) is 22.2 Å². The summed E-state index contributed by atoms with van der Waals surface area (Å²) in [7, 11) is 0. The van der Waals surface area contributed by atoms with Crippen LogP contribution < -0.4 is 10.1 Å². The number of fused-ring (bicyclic) bond motifs is 3. The third-order valence-corrected chi connectivity index (χ3v) is 5.15. The van der Waals surface area contributed by atoms with Crippen LogP contribution in [-0.2, 0) is 13.0 Å². The Morgan fingerprint density at radius 1 is 1.00 bits per heavy atom. The van der Waals surface area contributed by atoms with Crippen molar-refractivity contribution in [3.63, 3.8) is 0 Å². The molecule has 1 aliphatic rings. The molecule has 134 valence electrons. The number of nitrogens with zero attached hydrogens (tertiary/aromatic N) is 1. The first kappa shape index (κ1) is 16.1. The summed E-state index contributed by atoms with van der Waals surface area (Å²) in [6, 6.07) is 22.8. The van der Waals surface area contributed by atoms with E-state index >= 15 is 0 Å². The molecular weight excluding hydrogens is 334 g/mol. The molecule has 1 aliphatic heterocycles. The van der Waals surface area contributed by atoms with E-state index in [1.54, 1.807) is 0 Å². The van der Waals surface area contributed by atoms with Crippen molar-refractivity contribution in [2.75, 3.05) is 6.54 Å². The molecule has 0 saturated carbocycles. The van der Waals surface area contributed by atoms with E-state index in [-0.39, 0.29) is 6.04 Å². The summed E-state index contributed by atoms with van der Waals surface area (Å²) in [4.78, 5) is 8.15. The van der Waals surface area contributed by atoms with Gasteiger partial charge in [-0.25, -0.2) is 0 Å². The monoisotopic (exact) mass is 355 g/mol. The Balaban J connectivity index is 1.47. The summed E-state index contributed by atoms with van der Waals surface area (Å²) in [6.45, 7) is 1.52. The van der Waals surface area contributed by atoms with Gasteiger partial charge in [0.15, 0.2) is 0 Å². The van der Waals surface area contributed by atoms with Gasteiger partial charge in [0, 0.05) is 29.3 Å². The maximum atomic E-state index is 6.03. The molecule has 4 aromatic rings. The zero-order valence-electron chi connectivity index (χ0n) is 15.0. The maximum Gasteiger partial charge on any atom is 0.120 e. The fourth-order valence-corrected chi connectivity index (χ4v) is 3.84. The van der Waals surface area contributed by atoms with Gasteiger partial charge in [0.05, 0.1) is 11.7 Å². The largest absolute Gasteiger partial charge is 0.489 e. The molecule has 0 bridgehead atoms. The number of nitrogens with one attached hydrogen (secondary N) is 2. The molecule has 0 fully saturated rings. The molecule has 0 radical (unpaired) electrons. The number of hydrogen-bond acceptors (Lipinski definition) is 3. The van der Waals surface area contributed by atoms with Gasteiger partial charge >= 0.3 is 0 Å². The van der Waals surface area contributed by atoms with Crippen LogP contribution in [0, 0.1) is 0 Å². The molecule has 1 atom stereocenters. The quantitative estimate of drug-likeness (QED) is 0.571. The van der Waals surface area contributed by atoms with Crippen molar-refractivity contribution < 1.29 is 4.74 Å². The standard InChI is InChI=1S/C23H21N3O/c1-2-6-16(7-3-1)15-27-17-9-10-20-19(14-17)18-11-13-25-23(22(18)26-20)21-8-4-5-12-24-21/h1-10,12,14,23,25-26H,11,13,15H2. The number of H-pyrrole nitrogens is 1. The van der Waals surface area contributed by atoms with Crippen molar-refractivity contribution in [1.29, 1.82) is 0 Å². The smallest absolute Gasteiger partial charge is 0.120 e. The second-order valence-corrected chi connectivity index (χ2v) is 6.89. The second-order valence-electron chi connectivity index (χ2n) is 6.89. The lowest BCUT2D eigenvalue weighted by Crippen LogP contribution is -2.30. The van der Waals surface area contributed by atoms with Crippen molar-refractivity contribution in [3.05, 3.63) is 95.4 Å². The van der Waals surface area contributed by atoms with Crippen LogP contribution in [0.15, 0.2) is 72.9 Å². The van der Waals surface area contributed by atoms with Crippen LogP contribution in [-0.4, -0.2) is 16.5 Å². The van der Waals surface area contributed by atoms with Gasteiger partial charge < -0.3 is 15.0 Å². The minimum Gasteiger partial charge on any atom is -0.489 e. The molecule has 4 heteroatoms. The topological polar surface area (TPSA) is 49.9 Å². The lowest BCUT2D eigenvalue weighted by Gasteiger charge is -2.23. The molecule has 2 aromatic heterocycles. The van der Waals surface area contributed by atoms with E-state index < -0.39 is 0 Å². The number of benzene rings is 2. The first-order valence-electron chi connectivity index (χ1n) is 9.34. The zero-order chi connectivity index (χ0) is 18.1. The van der Waals surface area contributed by atoms with E-state index in [0.717, 1.165) is 29.9 Å². The highest BCUT2D eigenvalue weighted by molar-refractivity contribution is 5.86. The summed E-state index contributed by atoms with van der Waals surface area (Å²) in [5.74, 6) is 0.904. The number of aromatic nitrogens is 2. The third kappa shape index (κ3) is 3.09. The fourth-order valence-electron chi connectivity index (χ4n) is 3.84. The molecule has 0 aliphatic carbocycles. The van der Waals surface area contributed by atoms with Crippen molar-refractivity contribution in [3.8, 4) is 5.75 Å². The van der Waals surface area contributed by atoms with Crippen LogP contribution in [0.3, 0.4) is 0 Å². The molecule has 5 rings (SSSR count). The summed E-state index contributed by atoms with van der Waals surface area (Å²) in [6.07, 6.45) is 2.85. The first-order chi connectivity index (χ1) is 13.4. The summed E-state index contributed by atoms with van der Waals surface area (Å²) < 4.78 is 6.03. The molecule has 1 unspecified atom stereocenters. The number of rotatable bonds is 4. The number of ether oxygens (including phenoxy) is 1. The van der Waals surface area contributed by atoms with Crippen LogP contribution in [0.1, 0.15) is 28.6 Å². The fraction of sp³-hybridized carbons (Fsp3) is 0.174. The predicted octanol–water partition coefficient (Wildman–Crippen LogP) is 4.38. The molecule has 0 saturated heterocycles. The molecule has 2 N–H and O–H groups in total. The van der Waals surface area contributed by atoms with Gasteiger partial charge in [-0.3, -0.25) is 4.98 Å². The summed E-state index contributed by atoms with van der Waals surface area (Å²) in [5, 5.41) is 4.84. The Labute approximate surface area is 158 Å². The number of hydrogen-bond donors (Lipinski definition) is 2. The van der Waals surface area contributed by atoms with E-state index in [2.05, 4.69) is 45.6 Å². The van der Waals surface area contributed by atoms with Crippen LogP contribution in [0.2, 0.25) is 0 Å². The Hall–Kier alpha value is -3.11. The average molecular weight is 355 g/mol. The van der Waals surface area contributed by atoms with Crippen LogP contribution in [0.4, 0.5) is 0 Å². The van der Waals surface area contributed by atoms with Crippen molar-refractivity contribution >= 4 is 10.9 Å². The molecule has 3 heterocycles. The van der Waals surface area contributed by atoms with Gasteiger partial charge in [-0.2, -0.15) is 0 Å². The van der Waals surface area contributed by atoms with E-state index in [1.807, 2.05) is 42.6 Å². The van der Waals surface area contributed by atoms with E-state index in [4.69, 9.17) is 4.74 Å². The van der Waals surface area contributed by atoms with Gasteiger partial charge in [-0.15, -0.1) is 0 Å². The summed E-state index contributed by atoms with van der Waals surface area (Å²) in [5.41, 5.74) is 5.95. The van der Waals surface area contributed by atoms with E-state index in [9.17, 15) is 0 Å². The number of pyridine rings is 1. The normalized spacial score (nSPS) is 16.2.